The van der Waals surface area contributed by atoms with Gasteiger partial charge in [0, 0.05) is 19.3 Å². The molecule has 0 radical (unpaired) electrons. The van der Waals surface area contributed by atoms with Crippen molar-refractivity contribution in [1.29, 1.82) is 0 Å². The number of carbonyl (C=O) groups is 3. The number of allylic oxidation sites excluding steroid dienone is 14. The lowest BCUT2D eigenvalue weighted by molar-refractivity contribution is -0.167. The number of hydrogen-bond donors (Lipinski definition) is 0. The molecule has 0 amide bonds. The fourth-order valence-corrected chi connectivity index (χ4v) is 10.3. The Kier molecular flexibility index (Phi) is 67.2. The van der Waals surface area contributed by atoms with Crippen LogP contribution in [-0.4, -0.2) is 37.2 Å². The second-order valence-corrected chi connectivity index (χ2v) is 23.8. The van der Waals surface area contributed by atoms with Crippen molar-refractivity contribution in [2.24, 2.45) is 0 Å². The van der Waals surface area contributed by atoms with Gasteiger partial charge in [0.1, 0.15) is 13.2 Å². The monoisotopic (exact) mass is 1140 g/mol. The van der Waals surface area contributed by atoms with Crippen molar-refractivity contribution in [2.45, 2.75) is 367 Å². The zero-order valence-corrected chi connectivity index (χ0v) is 54.5. The quantitative estimate of drug-likeness (QED) is 0.0261. The van der Waals surface area contributed by atoms with E-state index in [-0.39, 0.29) is 31.1 Å². The highest BCUT2D eigenvalue weighted by Crippen LogP contribution is 2.18. The van der Waals surface area contributed by atoms with E-state index in [1.807, 2.05) is 0 Å². The molecular weight excluding hydrogens is 1010 g/mol. The second kappa shape index (κ2) is 70.1. The molecule has 0 fully saturated rings. The summed E-state index contributed by atoms with van der Waals surface area (Å²) in [4.78, 5) is 38.4. The maximum absolute atomic E-state index is 13.0. The van der Waals surface area contributed by atoms with Gasteiger partial charge in [-0.2, -0.15) is 0 Å². The van der Waals surface area contributed by atoms with Gasteiger partial charge in [-0.05, 0) is 96.3 Å². The second-order valence-electron chi connectivity index (χ2n) is 23.8. The van der Waals surface area contributed by atoms with Crippen molar-refractivity contribution in [3.63, 3.8) is 0 Å². The van der Waals surface area contributed by atoms with Crippen molar-refractivity contribution in [3.8, 4) is 0 Å². The van der Waals surface area contributed by atoms with Crippen LogP contribution in [0.4, 0.5) is 0 Å². The van der Waals surface area contributed by atoms with Crippen molar-refractivity contribution < 1.29 is 28.6 Å². The zero-order valence-electron chi connectivity index (χ0n) is 54.5. The van der Waals surface area contributed by atoms with Crippen molar-refractivity contribution in [2.75, 3.05) is 13.2 Å². The molecule has 1 unspecified atom stereocenters. The lowest BCUT2D eigenvalue weighted by atomic mass is 10.0. The molecule has 0 heterocycles. The highest BCUT2D eigenvalue weighted by atomic mass is 16.6. The van der Waals surface area contributed by atoms with Gasteiger partial charge in [0.15, 0.2) is 6.10 Å². The van der Waals surface area contributed by atoms with Crippen LogP contribution in [0.5, 0.6) is 0 Å². The summed E-state index contributed by atoms with van der Waals surface area (Å²) in [6.07, 6.45) is 93.3. The SMILES string of the molecule is CC/C=C\C/C=C\C/C=C\C/C=C\C/C=C\C/C=C\CCCCCCCCCCCCC(=O)OCC(COC(=O)CCCCCCC/C=C\CCCCC)OC(=O)CCCCCCCCCCCCCCCCCCCCCCCCC. The van der Waals surface area contributed by atoms with Crippen LogP contribution < -0.4 is 0 Å². The third-order valence-electron chi connectivity index (χ3n) is 15.6. The van der Waals surface area contributed by atoms with E-state index in [0.717, 1.165) is 103 Å². The molecule has 0 aromatic heterocycles. The summed E-state index contributed by atoms with van der Waals surface area (Å²) in [6, 6.07) is 0. The van der Waals surface area contributed by atoms with Crippen LogP contribution in [0, 0.1) is 0 Å². The van der Waals surface area contributed by atoms with Gasteiger partial charge in [-0.15, -0.1) is 0 Å². The van der Waals surface area contributed by atoms with Gasteiger partial charge in [0.05, 0.1) is 0 Å². The molecule has 0 aliphatic carbocycles. The molecule has 82 heavy (non-hydrogen) atoms. The van der Waals surface area contributed by atoms with Crippen LogP contribution in [0.25, 0.3) is 0 Å². The molecule has 1 atom stereocenters. The van der Waals surface area contributed by atoms with Crippen LogP contribution >= 0.6 is 0 Å². The summed E-state index contributed by atoms with van der Waals surface area (Å²) >= 11 is 0. The van der Waals surface area contributed by atoms with Crippen molar-refractivity contribution in [1.82, 2.24) is 0 Å². The highest BCUT2D eigenvalue weighted by molar-refractivity contribution is 5.71. The minimum atomic E-state index is -0.781. The Hall–Kier alpha value is -3.41. The average Bonchev–Trinajstić information content (AvgIpc) is 3.47. The van der Waals surface area contributed by atoms with E-state index in [9.17, 15) is 14.4 Å². The van der Waals surface area contributed by atoms with Crippen LogP contribution in [-0.2, 0) is 28.6 Å². The van der Waals surface area contributed by atoms with E-state index in [4.69, 9.17) is 14.2 Å². The number of carbonyl (C=O) groups excluding carboxylic acids is 3. The predicted octanol–water partition coefficient (Wildman–Crippen LogP) is 24.6. The van der Waals surface area contributed by atoms with Gasteiger partial charge in [0.25, 0.3) is 0 Å². The van der Waals surface area contributed by atoms with Gasteiger partial charge in [-0.1, -0.05) is 331 Å². The standard InChI is InChI=1S/C76H134O6/c1-4-7-10-13-16-19-22-25-27-29-31-33-35-36-37-38-39-40-42-43-45-47-49-51-54-57-60-63-66-69-75(78)81-72-73(71-80-74(77)68-65-62-59-56-53-24-21-18-15-12-9-6-3)82-76(79)70-67-64-61-58-55-52-50-48-46-44-41-34-32-30-28-26-23-20-17-14-11-8-5-2/h7,10,16,18-19,21,25,27,31,33,36-37,39-40,73H,4-6,8-9,11-15,17,20,22-24,26,28-30,32,34-35,38,41-72H2,1-3H3/b10-7-,19-16-,21-18-,27-25-,33-31-,37-36-,40-39-. The first-order valence-electron chi connectivity index (χ1n) is 35.6. The van der Waals surface area contributed by atoms with Gasteiger partial charge in [0.2, 0.25) is 0 Å². The van der Waals surface area contributed by atoms with Gasteiger partial charge < -0.3 is 14.2 Å². The molecule has 6 heteroatoms. The summed E-state index contributed by atoms with van der Waals surface area (Å²) in [6.45, 7) is 6.54. The van der Waals surface area contributed by atoms with Gasteiger partial charge in [-0.25, -0.2) is 0 Å². The first-order chi connectivity index (χ1) is 40.5. The number of esters is 3. The Bertz CT molecular complexity index is 1550. The van der Waals surface area contributed by atoms with Crippen molar-refractivity contribution >= 4 is 17.9 Å². The summed E-state index contributed by atoms with van der Waals surface area (Å²) in [5, 5.41) is 0. The normalized spacial score (nSPS) is 12.6. The highest BCUT2D eigenvalue weighted by Gasteiger charge is 2.19. The summed E-state index contributed by atoms with van der Waals surface area (Å²) < 4.78 is 17.0. The Morgan fingerprint density at radius 2 is 0.476 bits per heavy atom. The zero-order chi connectivity index (χ0) is 59.2. The van der Waals surface area contributed by atoms with Crippen LogP contribution in [0.2, 0.25) is 0 Å². The first-order valence-corrected chi connectivity index (χ1v) is 35.6. The smallest absolute Gasteiger partial charge is 0.306 e. The maximum atomic E-state index is 13.0. The number of rotatable bonds is 65. The summed E-state index contributed by atoms with van der Waals surface area (Å²) in [7, 11) is 0. The average molecular weight is 1140 g/mol. The molecule has 0 N–H and O–H groups in total. The Morgan fingerprint density at radius 1 is 0.256 bits per heavy atom. The fraction of sp³-hybridized carbons (Fsp3) is 0.776. The number of unbranched alkanes of at least 4 members (excludes halogenated alkanes) is 40. The molecule has 0 aliphatic heterocycles. The molecule has 0 rings (SSSR count). The van der Waals surface area contributed by atoms with Crippen LogP contribution in [0.3, 0.4) is 0 Å². The first kappa shape index (κ1) is 78.6. The van der Waals surface area contributed by atoms with Crippen molar-refractivity contribution in [3.05, 3.63) is 85.1 Å². The Morgan fingerprint density at radius 3 is 0.780 bits per heavy atom. The van der Waals surface area contributed by atoms with E-state index in [2.05, 4.69) is 106 Å². The number of hydrogen-bond acceptors (Lipinski definition) is 6. The topological polar surface area (TPSA) is 78.9 Å². The third-order valence-corrected chi connectivity index (χ3v) is 15.6. The maximum Gasteiger partial charge on any atom is 0.306 e. The largest absolute Gasteiger partial charge is 0.462 e. The lowest BCUT2D eigenvalue weighted by Crippen LogP contribution is -2.30. The Labute approximate surface area is 509 Å². The van der Waals surface area contributed by atoms with E-state index in [0.29, 0.717) is 19.3 Å². The lowest BCUT2D eigenvalue weighted by Gasteiger charge is -2.18. The fourth-order valence-electron chi connectivity index (χ4n) is 10.3. The van der Waals surface area contributed by atoms with E-state index < -0.39 is 6.10 Å². The van der Waals surface area contributed by atoms with Crippen LogP contribution in [0.1, 0.15) is 361 Å². The van der Waals surface area contributed by atoms with E-state index in [1.165, 1.54) is 218 Å². The molecular formula is C76H134O6. The van der Waals surface area contributed by atoms with E-state index >= 15 is 0 Å². The molecule has 0 aromatic carbocycles. The molecule has 0 spiro atoms. The predicted molar refractivity (Wildman–Crippen MR) is 358 cm³/mol. The molecule has 0 aliphatic rings. The molecule has 0 saturated carbocycles. The summed E-state index contributed by atoms with van der Waals surface area (Å²) in [5.74, 6) is -0.871. The number of ether oxygens (including phenoxy) is 3. The van der Waals surface area contributed by atoms with Gasteiger partial charge in [-0.3, -0.25) is 14.4 Å². The van der Waals surface area contributed by atoms with E-state index in [1.54, 1.807) is 0 Å². The summed E-state index contributed by atoms with van der Waals surface area (Å²) in [5.41, 5.74) is 0. The molecule has 6 nitrogen and oxygen atoms in total. The van der Waals surface area contributed by atoms with Gasteiger partial charge >= 0.3 is 17.9 Å². The minimum absolute atomic E-state index is 0.0777. The Balaban J connectivity index is 4.24. The molecule has 0 aromatic rings. The van der Waals surface area contributed by atoms with Crippen LogP contribution in [0.15, 0.2) is 85.1 Å². The molecule has 474 valence electrons. The molecule has 0 bridgehead atoms. The molecule has 0 saturated heterocycles. The third kappa shape index (κ3) is 67.4. The minimum Gasteiger partial charge on any atom is -0.462 e.